The van der Waals surface area contributed by atoms with E-state index in [0.29, 0.717) is 17.5 Å². The third-order valence-electron chi connectivity index (χ3n) is 11.0. The summed E-state index contributed by atoms with van der Waals surface area (Å²) < 4.78 is 37.9. The molecular formula is C41H38F2N6O2. The largest absolute Gasteiger partial charge is 0.469 e. The van der Waals surface area contributed by atoms with E-state index < -0.39 is 23.1 Å². The van der Waals surface area contributed by atoms with Crippen molar-refractivity contribution in [2.45, 2.75) is 56.5 Å². The fourth-order valence-electron chi connectivity index (χ4n) is 8.73. The number of methoxy groups -OCH3 is 1. The van der Waals surface area contributed by atoms with Crippen molar-refractivity contribution >= 4 is 22.8 Å². The summed E-state index contributed by atoms with van der Waals surface area (Å²) in [5, 5.41) is 8.94. The molecule has 1 spiro atoms. The molecule has 3 aromatic heterocycles. The number of ether oxygens (including phenoxy) is 1. The Morgan fingerprint density at radius 3 is 2.02 bits per heavy atom. The van der Waals surface area contributed by atoms with Crippen LogP contribution >= 0.6 is 0 Å². The lowest BCUT2D eigenvalue weighted by Crippen LogP contribution is -2.50. The van der Waals surface area contributed by atoms with E-state index in [9.17, 15) is 4.79 Å². The van der Waals surface area contributed by atoms with E-state index >= 15 is 8.78 Å². The van der Waals surface area contributed by atoms with Crippen molar-refractivity contribution in [2.75, 3.05) is 12.4 Å². The number of esters is 1. The smallest absolute Gasteiger partial charge is 0.310 e. The number of nitrogens with zero attached hydrogens (tertiary/aromatic N) is 5. The van der Waals surface area contributed by atoms with Crippen LogP contribution in [0.15, 0.2) is 109 Å². The van der Waals surface area contributed by atoms with Gasteiger partial charge in [-0.15, -0.1) is 0 Å². The van der Waals surface area contributed by atoms with E-state index in [1.54, 1.807) is 4.68 Å². The molecule has 2 saturated carbocycles. The Labute approximate surface area is 294 Å². The molecule has 2 aliphatic carbocycles. The summed E-state index contributed by atoms with van der Waals surface area (Å²) in [7, 11) is 1.40. The number of carbonyl (C=O) groups is 1. The third kappa shape index (κ3) is 5.53. The molecule has 0 radical (unpaired) electrons. The summed E-state index contributed by atoms with van der Waals surface area (Å²) in [5.41, 5.74) is 2.12. The molecule has 10 heteroatoms. The first-order chi connectivity index (χ1) is 24.9. The van der Waals surface area contributed by atoms with Crippen LogP contribution in [-0.4, -0.2) is 43.9 Å². The van der Waals surface area contributed by atoms with Gasteiger partial charge in [-0.05, 0) is 53.9 Å². The molecule has 3 aromatic carbocycles. The van der Waals surface area contributed by atoms with Crippen molar-refractivity contribution in [1.29, 1.82) is 0 Å². The number of hydrogen-bond acceptors (Lipinski definition) is 7. The minimum atomic E-state index is -1.06. The first-order valence-electron chi connectivity index (χ1n) is 17.5. The lowest BCUT2D eigenvalue weighted by Gasteiger charge is -2.45. The zero-order valence-electron chi connectivity index (χ0n) is 28.3. The summed E-state index contributed by atoms with van der Waals surface area (Å²) in [6.07, 6.45) is 8.77. The predicted molar refractivity (Wildman–Crippen MR) is 191 cm³/mol. The Kier molecular flexibility index (Phi) is 8.53. The molecule has 2 atom stereocenters. The van der Waals surface area contributed by atoms with Crippen LogP contribution in [0.25, 0.3) is 22.6 Å². The summed E-state index contributed by atoms with van der Waals surface area (Å²) in [6.45, 7) is 0. The lowest BCUT2D eigenvalue weighted by atomic mass is 9.64. The normalized spacial score (nSPS) is 18.6. The standard InChI is InChI=1S/C41H38F2N6O2/c1-51-39(50)31-20-13-23-40(21-11-12-22-40)35(31)46-36-33(43)26-44-37(47-36)34-32-24-30(42)25-45-38(32)49(48-34)41(27-14-5-2-6-15-27,28-16-7-3-8-17-28)29-18-9-4-10-19-29/h2-10,14-19,24-26,31,35H,11-13,20-23H2,1H3,(H,44,46,47)/t31-,35+/m0/s1. The second-order valence-electron chi connectivity index (χ2n) is 13.7. The summed E-state index contributed by atoms with van der Waals surface area (Å²) in [6, 6.07) is 30.9. The molecule has 0 unspecified atom stereocenters. The number of carbonyl (C=O) groups excluding carboxylic acids is 1. The maximum absolute atomic E-state index is 15.8. The number of rotatable bonds is 8. The van der Waals surface area contributed by atoms with E-state index in [-0.39, 0.29) is 34.8 Å². The zero-order valence-corrected chi connectivity index (χ0v) is 28.3. The van der Waals surface area contributed by atoms with Gasteiger partial charge in [0, 0.05) is 6.04 Å². The summed E-state index contributed by atoms with van der Waals surface area (Å²) in [5.74, 6) is -1.88. The van der Waals surface area contributed by atoms with Crippen LogP contribution < -0.4 is 5.32 Å². The highest BCUT2D eigenvalue weighted by atomic mass is 19.1. The van der Waals surface area contributed by atoms with E-state index in [4.69, 9.17) is 14.8 Å². The molecule has 0 bridgehead atoms. The fourth-order valence-corrected chi connectivity index (χ4v) is 8.73. The van der Waals surface area contributed by atoms with Gasteiger partial charge in [-0.1, -0.05) is 110 Å². The Bertz CT molecular complexity index is 2070. The van der Waals surface area contributed by atoms with E-state index in [0.717, 1.165) is 61.4 Å². The number of nitrogens with one attached hydrogen (secondary N) is 1. The van der Waals surface area contributed by atoms with Crippen LogP contribution in [-0.2, 0) is 15.1 Å². The van der Waals surface area contributed by atoms with Gasteiger partial charge in [0.25, 0.3) is 0 Å². The number of anilines is 1. The average Bonchev–Trinajstić information content (AvgIpc) is 3.80. The van der Waals surface area contributed by atoms with Gasteiger partial charge in [-0.25, -0.2) is 28.4 Å². The van der Waals surface area contributed by atoms with Crippen LogP contribution in [0.4, 0.5) is 14.6 Å². The molecule has 8 rings (SSSR count). The van der Waals surface area contributed by atoms with Crippen molar-refractivity contribution in [3.8, 4) is 11.5 Å². The molecule has 51 heavy (non-hydrogen) atoms. The molecule has 6 aromatic rings. The Balaban J connectivity index is 1.34. The minimum Gasteiger partial charge on any atom is -0.469 e. The van der Waals surface area contributed by atoms with Crippen LogP contribution in [0.1, 0.15) is 61.6 Å². The van der Waals surface area contributed by atoms with Crippen LogP contribution in [0.2, 0.25) is 0 Å². The minimum absolute atomic E-state index is 0.0282. The lowest BCUT2D eigenvalue weighted by molar-refractivity contribution is -0.148. The van der Waals surface area contributed by atoms with Crippen molar-refractivity contribution in [1.82, 2.24) is 24.7 Å². The van der Waals surface area contributed by atoms with Gasteiger partial charge in [0.1, 0.15) is 17.1 Å². The van der Waals surface area contributed by atoms with E-state index in [2.05, 4.69) is 15.3 Å². The number of halogens is 2. The van der Waals surface area contributed by atoms with E-state index in [1.165, 1.54) is 19.4 Å². The SMILES string of the molecule is COC(=O)[C@H]1CCCC2(CCCC2)[C@@H]1Nc1nc(-c2nn(C(c3ccccc3)(c3ccccc3)c3ccccc3)c3ncc(F)cc23)ncc1F. The highest BCUT2D eigenvalue weighted by Crippen LogP contribution is 2.52. The Morgan fingerprint density at radius 2 is 1.43 bits per heavy atom. The molecular weight excluding hydrogens is 646 g/mol. The third-order valence-corrected chi connectivity index (χ3v) is 11.0. The topological polar surface area (TPSA) is 94.8 Å². The second kappa shape index (κ2) is 13.3. The molecule has 8 nitrogen and oxygen atoms in total. The highest BCUT2D eigenvalue weighted by Gasteiger charge is 2.50. The first-order valence-corrected chi connectivity index (χ1v) is 17.5. The maximum atomic E-state index is 15.8. The van der Waals surface area contributed by atoms with Gasteiger partial charge in [0.05, 0.1) is 30.8 Å². The van der Waals surface area contributed by atoms with Gasteiger partial charge in [0.2, 0.25) is 0 Å². The van der Waals surface area contributed by atoms with E-state index in [1.807, 2.05) is 91.0 Å². The maximum Gasteiger partial charge on any atom is 0.310 e. The Morgan fingerprint density at radius 1 is 0.843 bits per heavy atom. The zero-order chi connectivity index (χ0) is 35.0. The van der Waals surface area contributed by atoms with Crippen molar-refractivity contribution < 1.29 is 18.3 Å². The van der Waals surface area contributed by atoms with Gasteiger partial charge in [-0.3, -0.25) is 4.79 Å². The molecule has 0 amide bonds. The molecule has 2 aliphatic rings. The van der Waals surface area contributed by atoms with Gasteiger partial charge in [-0.2, -0.15) is 5.10 Å². The quantitative estimate of drug-likeness (QED) is 0.127. The Hall–Kier alpha value is -5.51. The molecule has 3 heterocycles. The molecule has 258 valence electrons. The number of fused-ring (bicyclic) bond motifs is 1. The monoisotopic (exact) mass is 684 g/mol. The fraction of sp³-hybridized carbons (Fsp3) is 0.293. The summed E-state index contributed by atoms with van der Waals surface area (Å²) >= 11 is 0. The summed E-state index contributed by atoms with van der Waals surface area (Å²) in [4.78, 5) is 26.8. The first kappa shape index (κ1) is 32.7. The van der Waals surface area contributed by atoms with Crippen LogP contribution in [0.5, 0.6) is 0 Å². The van der Waals surface area contributed by atoms with Gasteiger partial charge in [0.15, 0.2) is 23.1 Å². The average molecular weight is 685 g/mol. The molecule has 2 fully saturated rings. The number of hydrogen-bond donors (Lipinski definition) is 1. The van der Waals surface area contributed by atoms with Gasteiger partial charge < -0.3 is 10.1 Å². The van der Waals surface area contributed by atoms with Crippen molar-refractivity contribution in [3.63, 3.8) is 0 Å². The molecule has 0 aliphatic heterocycles. The number of benzene rings is 3. The van der Waals surface area contributed by atoms with Crippen molar-refractivity contribution in [3.05, 3.63) is 138 Å². The molecule has 0 saturated heterocycles. The van der Waals surface area contributed by atoms with Crippen LogP contribution in [0, 0.1) is 23.0 Å². The number of aromatic nitrogens is 5. The predicted octanol–water partition coefficient (Wildman–Crippen LogP) is 8.32. The second-order valence-corrected chi connectivity index (χ2v) is 13.7. The van der Waals surface area contributed by atoms with Crippen LogP contribution in [0.3, 0.4) is 0 Å². The molecule has 1 N–H and O–H groups in total. The number of pyridine rings is 1. The van der Waals surface area contributed by atoms with Crippen molar-refractivity contribution in [2.24, 2.45) is 11.3 Å². The van der Waals surface area contributed by atoms with Gasteiger partial charge >= 0.3 is 5.97 Å². The highest BCUT2D eigenvalue weighted by molar-refractivity contribution is 5.90.